The number of nitrogens with one attached hydrogen (secondary N) is 1. The number of rotatable bonds is 3. The van der Waals surface area contributed by atoms with Crippen LogP contribution < -0.4 is 11.1 Å². The fraction of sp³-hybridized carbons (Fsp3) is 0.133. The normalized spacial score (nSPS) is 10.2. The molecule has 0 heterocycles. The van der Waals surface area contributed by atoms with Crippen LogP contribution >= 0.6 is 0 Å². The molecule has 1 amide bonds. The van der Waals surface area contributed by atoms with E-state index >= 15 is 0 Å². The van der Waals surface area contributed by atoms with Crippen LogP contribution in [0.2, 0.25) is 0 Å². The van der Waals surface area contributed by atoms with E-state index in [1.165, 1.54) is 6.07 Å². The second-order valence-corrected chi connectivity index (χ2v) is 4.80. The summed E-state index contributed by atoms with van der Waals surface area (Å²) in [4.78, 5) is 22.6. The summed E-state index contributed by atoms with van der Waals surface area (Å²) in [5, 5.41) is 13.5. The van der Waals surface area contributed by atoms with Crippen molar-refractivity contribution in [3.8, 4) is 0 Å². The zero-order valence-corrected chi connectivity index (χ0v) is 11.7. The van der Waals surface area contributed by atoms with Gasteiger partial charge < -0.3 is 11.1 Å². The minimum Gasteiger partial charge on any atom is -0.398 e. The van der Waals surface area contributed by atoms with Crippen LogP contribution in [0.1, 0.15) is 21.5 Å². The number of nitrogens with zero attached hydrogens (tertiary/aromatic N) is 1. The number of nitro benzene ring substituents is 1. The molecule has 6 nitrogen and oxygen atoms in total. The van der Waals surface area contributed by atoms with Crippen molar-refractivity contribution in [3.05, 3.63) is 63.2 Å². The Kier molecular flexibility index (Phi) is 3.89. The summed E-state index contributed by atoms with van der Waals surface area (Å²) in [6.45, 7) is 3.50. The van der Waals surface area contributed by atoms with E-state index in [-0.39, 0.29) is 5.69 Å². The van der Waals surface area contributed by atoms with Gasteiger partial charge in [0.2, 0.25) is 0 Å². The molecule has 0 spiro atoms. The van der Waals surface area contributed by atoms with Crippen molar-refractivity contribution in [1.29, 1.82) is 0 Å². The fourth-order valence-electron chi connectivity index (χ4n) is 1.95. The lowest BCUT2D eigenvalue weighted by molar-refractivity contribution is -0.385. The number of nitro groups is 1. The number of nitrogens with two attached hydrogens (primary N) is 1. The monoisotopic (exact) mass is 285 g/mol. The average Bonchev–Trinajstić information content (AvgIpc) is 2.43. The number of benzene rings is 2. The molecular weight excluding hydrogens is 270 g/mol. The second kappa shape index (κ2) is 5.62. The van der Waals surface area contributed by atoms with Gasteiger partial charge in [-0.2, -0.15) is 0 Å². The summed E-state index contributed by atoms with van der Waals surface area (Å²) in [5.41, 5.74) is 8.25. The van der Waals surface area contributed by atoms with Gasteiger partial charge in [-0.1, -0.05) is 17.7 Å². The number of carbonyl (C=O) groups is 1. The summed E-state index contributed by atoms with van der Waals surface area (Å²) >= 11 is 0. The lowest BCUT2D eigenvalue weighted by atomic mass is 10.1. The molecule has 3 N–H and O–H groups in total. The van der Waals surface area contributed by atoms with Gasteiger partial charge in [-0.3, -0.25) is 14.9 Å². The van der Waals surface area contributed by atoms with Gasteiger partial charge in [0.25, 0.3) is 11.6 Å². The molecular formula is C15H15N3O3. The predicted molar refractivity (Wildman–Crippen MR) is 81.4 cm³/mol. The highest BCUT2D eigenvalue weighted by Crippen LogP contribution is 2.23. The third kappa shape index (κ3) is 3.17. The maximum Gasteiger partial charge on any atom is 0.274 e. The first-order valence-corrected chi connectivity index (χ1v) is 6.31. The van der Waals surface area contributed by atoms with Gasteiger partial charge in [-0.15, -0.1) is 0 Å². The van der Waals surface area contributed by atoms with Gasteiger partial charge >= 0.3 is 0 Å². The van der Waals surface area contributed by atoms with Gasteiger partial charge in [0.05, 0.1) is 10.5 Å². The molecule has 0 unspecified atom stereocenters. The smallest absolute Gasteiger partial charge is 0.274 e. The van der Waals surface area contributed by atoms with Crippen LogP contribution in [-0.2, 0) is 0 Å². The molecule has 2 aromatic carbocycles. The van der Waals surface area contributed by atoms with Crippen molar-refractivity contribution >= 4 is 23.0 Å². The van der Waals surface area contributed by atoms with E-state index in [4.69, 9.17) is 5.73 Å². The number of aryl methyl sites for hydroxylation is 2. The number of hydrogen-bond acceptors (Lipinski definition) is 4. The highest BCUT2D eigenvalue weighted by molar-refractivity contribution is 6.08. The molecule has 0 saturated carbocycles. The molecule has 6 heteroatoms. The van der Waals surface area contributed by atoms with Crippen LogP contribution in [0.4, 0.5) is 17.1 Å². The van der Waals surface area contributed by atoms with E-state index in [1.54, 1.807) is 31.2 Å². The molecule has 0 bridgehead atoms. The Morgan fingerprint density at radius 3 is 2.57 bits per heavy atom. The van der Waals surface area contributed by atoms with Crippen LogP contribution in [0.5, 0.6) is 0 Å². The van der Waals surface area contributed by atoms with Crippen LogP contribution in [0, 0.1) is 24.0 Å². The molecule has 108 valence electrons. The fourth-order valence-corrected chi connectivity index (χ4v) is 1.95. The van der Waals surface area contributed by atoms with Crippen molar-refractivity contribution in [2.24, 2.45) is 0 Å². The largest absolute Gasteiger partial charge is 0.398 e. The van der Waals surface area contributed by atoms with Crippen molar-refractivity contribution in [1.82, 2.24) is 0 Å². The van der Waals surface area contributed by atoms with Crippen LogP contribution in [0.25, 0.3) is 0 Å². The van der Waals surface area contributed by atoms with Crippen LogP contribution in [-0.4, -0.2) is 10.8 Å². The van der Waals surface area contributed by atoms with Gasteiger partial charge in [-0.05, 0) is 32.0 Å². The Balaban J connectivity index is 2.29. The number of anilines is 2. The van der Waals surface area contributed by atoms with Crippen molar-refractivity contribution in [2.45, 2.75) is 13.8 Å². The first kappa shape index (κ1) is 14.5. The molecule has 0 radical (unpaired) electrons. The molecule has 2 aromatic rings. The summed E-state index contributed by atoms with van der Waals surface area (Å²) in [5.74, 6) is -0.394. The summed E-state index contributed by atoms with van der Waals surface area (Å²) in [6.07, 6.45) is 0. The molecule has 0 aliphatic carbocycles. The third-order valence-electron chi connectivity index (χ3n) is 3.12. The zero-order valence-electron chi connectivity index (χ0n) is 11.7. The highest BCUT2D eigenvalue weighted by atomic mass is 16.6. The van der Waals surface area contributed by atoms with E-state index in [0.29, 0.717) is 22.5 Å². The van der Waals surface area contributed by atoms with Crippen LogP contribution in [0.15, 0.2) is 36.4 Å². The van der Waals surface area contributed by atoms with E-state index in [9.17, 15) is 14.9 Å². The maximum atomic E-state index is 12.2. The molecule has 0 atom stereocenters. The van der Waals surface area contributed by atoms with Crippen molar-refractivity contribution in [3.63, 3.8) is 0 Å². The van der Waals surface area contributed by atoms with Crippen LogP contribution in [0.3, 0.4) is 0 Å². The lowest BCUT2D eigenvalue weighted by Crippen LogP contribution is -2.14. The Labute approximate surface area is 121 Å². The summed E-state index contributed by atoms with van der Waals surface area (Å²) in [7, 11) is 0. The lowest BCUT2D eigenvalue weighted by Gasteiger charge is -2.09. The molecule has 0 fully saturated rings. The summed E-state index contributed by atoms with van der Waals surface area (Å²) < 4.78 is 0. The number of amides is 1. The summed E-state index contributed by atoms with van der Waals surface area (Å²) in [6, 6.07) is 9.68. The first-order valence-electron chi connectivity index (χ1n) is 6.31. The average molecular weight is 285 g/mol. The Hall–Kier alpha value is -2.89. The van der Waals surface area contributed by atoms with E-state index < -0.39 is 10.8 Å². The highest BCUT2D eigenvalue weighted by Gasteiger charge is 2.14. The van der Waals surface area contributed by atoms with Gasteiger partial charge in [0, 0.05) is 23.0 Å². The molecule has 0 aromatic heterocycles. The molecule has 21 heavy (non-hydrogen) atoms. The van der Waals surface area contributed by atoms with E-state index in [2.05, 4.69) is 5.32 Å². The minimum atomic E-state index is -0.480. The SMILES string of the molecule is Cc1ccc(N)c(C(=O)Nc2ccc(C)c([N+](=O)[O-])c2)c1. The molecule has 0 aliphatic rings. The molecule has 0 saturated heterocycles. The third-order valence-corrected chi connectivity index (χ3v) is 3.12. The maximum absolute atomic E-state index is 12.2. The predicted octanol–water partition coefficient (Wildman–Crippen LogP) is 3.05. The molecule has 2 rings (SSSR count). The Morgan fingerprint density at radius 1 is 1.19 bits per heavy atom. The van der Waals surface area contributed by atoms with Gasteiger partial charge in [0.1, 0.15) is 0 Å². The first-order chi connectivity index (χ1) is 9.88. The molecule has 0 aliphatic heterocycles. The van der Waals surface area contributed by atoms with E-state index in [0.717, 1.165) is 5.56 Å². The van der Waals surface area contributed by atoms with Crippen molar-refractivity contribution in [2.75, 3.05) is 11.1 Å². The minimum absolute atomic E-state index is 0.0370. The number of hydrogen-bond donors (Lipinski definition) is 2. The standard InChI is InChI=1S/C15H15N3O3/c1-9-3-6-13(16)12(7-9)15(19)17-11-5-4-10(2)14(8-11)18(20)21/h3-8H,16H2,1-2H3,(H,17,19). The van der Waals surface area contributed by atoms with Crippen molar-refractivity contribution < 1.29 is 9.72 Å². The Bertz CT molecular complexity index is 726. The Morgan fingerprint density at radius 2 is 1.90 bits per heavy atom. The topological polar surface area (TPSA) is 98.3 Å². The van der Waals surface area contributed by atoms with Gasteiger partial charge in [-0.25, -0.2) is 0 Å². The second-order valence-electron chi connectivity index (χ2n) is 4.80. The van der Waals surface area contributed by atoms with E-state index in [1.807, 2.05) is 13.0 Å². The number of nitrogen functional groups attached to an aromatic ring is 1. The number of carbonyl (C=O) groups excluding carboxylic acids is 1. The zero-order chi connectivity index (χ0) is 15.6. The quantitative estimate of drug-likeness (QED) is 0.514. The van der Waals surface area contributed by atoms with Gasteiger partial charge in [0.15, 0.2) is 0 Å².